The molecule has 0 unspecified atom stereocenters. The van der Waals surface area contributed by atoms with Crippen LogP contribution >= 0.6 is 45.9 Å². The molecular weight excluding hydrogens is 407 g/mol. The number of rotatable bonds is 4. The molecule has 0 N–H and O–H groups in total. The minimum atomic E-state index is -0.207. The van der Waals surface area contributed by atoms with Crippen molar-refractivity contribution in [1.82, 2.24) is 4.98 Å². The third-order valence-electron chi connectivity index (χ3n) is 3.83. The average Bonchev–Trinajstić information content (AvgIpc) is 3.22. The van der Waals surface area contributed by atoms with Crippen molar-refractivity contribution in [3.8, 4) is 0 Å². The summed E-state index contributed by atoms with van der Waals surface area (Å²) < 4.78 is 1.91. The van der Waals surface area contributed by atoms with Crippen LogP contribution in [0, 0.1) is 0 Å². The number of anilines is 1. The maximum Gasteiger partial charge on any atom is 0.262 e. The van der Waals surface area contributed by atoms with Gasteiger partial charge in [0.15, 0.2) is 5.13 Å². The number of fused-ring (bicyclic) bond motifs is 1. The predicted molar refractivity (Wildman–Crippen MR) is 111 cm³/mol. The number of benzene rings is 2. The molecule has 2 aromatic carbocycles. The second kappa shape index (κ2) is 7.37. The molecule has 0 aliphatic rings. The van der Waals surface area contributed by atoms with Crippen molar-refractivity contribution in [1.29, 1.82) is 0 Å². The van der Waals surface area contributed by atoms with E-state index in [-0.39, 0.29) is 5.91 Å². The molecule has 130 valence electrons. The SMILES string of the molecule is O=C(c1cc(Cl)sc1Cl)N(Cc1ccccc1)c1nc2ccccc2s1. The summed E-state index contributed by atoms with van der Waals surface area (Å²) in [5, 5.41) is 0.637. The Morgan fingerprint density at radius 2 is 1.73 bits per heavy atom. The summed E-state index contributed by atoms with van der Waals surface area (Å²) in [6.07, 6.45) is 0. The van der Waals surface area contributed by atoms with Crippen LogP contribution in [0.4, 0.5) is 5.13 Å². The Morgan fingerprint density at radius 1 is 1.00 bits per heavy atom. The Bertz CT molecular complexity index is 1040. The van der Waals surface area contributed by atoms with Gasteiger partial charge in [-0.15, -0.1) is 11.3 Å². The first kappa shape index (κ1) is 17.5. The number of para-hydroxylation sites is 1. The van der Waals surface area contributed by atoms with Crippen LogP contribution in [0.2, 0.25) is 8.67 Å². The Hall–Kier alpha value is -1.92. The summed E-state index contributed by atoms with van der Waals surface area (Å²) in [6.45, 7) is 0.406. The zero-order valence-corrected chi connectivity index (χ0v) is 16.5. The van der Waals surface area contributed by atoms with Gasteiger partial charge in [-0.1, -0.05) is 77.0 Å². The number of amides is 1. The van der Waals surface area contributed by atoms with Crippen molar-refractivity contribution in [2.75, 3.05) is 4.90 Å². The highest BCUT2D eigenvalue weighted by atomic mass is 35.5. The Labute approximate surface area is 168 Å². The summed E-state index contributed by atoms with van der Waals surface area (Å²) in [5.41, 5.74) is 2.28. The van der Waals surface area contributed by atoms with Gasteiger partial charge in [0.2, 0.25) is 0 Å². The molecule has 0 saturated heterocycles. The van der Waals surface area contributed by atoms with Crippen molar-refractivity contribution in [3.05, 3.63) is 80.5 Å². The highest BCUT2D eigenvalue weighted by molar-refractivity contribution is 7.22. The summed E-state index contributed by atoms with van der Waals surface area (Å²) in [5.74, 6) is -0.207. The van der Waals surface area contributed by atoms with Gasteiger partial charge in [0.05, 0.1) is 26.7 Å². The Balaban J connectivity index is 1.78. The van der Waals surface area contributed by atoms with E-state index in [9.17, 15) is 4.79 Å². The lowest BCUT2D eigenvalue weighted by molar-refractivity contribution is 0.0985. The average molecular weight is 419 g/mol. The van der Waals surface area contributed by atoms with Crippen LogP contribution in [0.25, 0.3) is 10.2 Å². The van der Waals surface area contributed by atoms with Crippen LogP contribution in [-0.2, 0) is 6.54 Å². The number of hydrogen-bond acceptors (Lipinski definition) is 4. The van der Waals surface area contributed by atoms with E-state index in [1.165, 1.54) is 22.7 Å². The number of carbonyl (C=O) groups is 1. The first-order valence-electron chi connectivity index (χ1n) is 7.78. The number of aromatic nitrogens is 1. The maximum atomic E-state index is 13.2. The minimum absolute atomic E-state index is 0.207. The van der Waals surface area contributed by atoms with Gasteiger partial charge in [0.25, 0.3) is 5.91 Å². The molecule has 4 rings (SSSR count). The van der Waals surface area contributed by atoms with Crippen molar-refractivity contribution >= 4 is 67.1 Å². The molecule has 0 atom stereocenters. The van der Waals surface area contributed by atoms with E-state index in [0.29, 0.717) is 25.9 Å². The van der Waals surface area contributed by atoms with Crippen LogP contribution < -0.4 is 4.90 Å². The molecule has 0 spiro atoms. The quantitative estimate of drug-likeness (QED) is 0.378. The molecule has 2 heterocycles. The summed E-state index contributed by atoms with van der Waals surface area (Å²) in [6, 6.07) is 19.3. The van der Waals surface area contributed by atoms with E-state index in [1.807, 2.05) is 54.6 Å². The lowest BCUT2D eigenvalue weighted by Crippen LogP contribution is -2.30. The molecule has 0 aliphatic carbocycles. The van der Waals surface area contributed by atoms with E-state index in [4.69, 9.17) is 23.2 Å². The van der Waals surface area contributed by atoms with Crippen molar-refractivity contribution in [2.24, 2.45) is 0 Å². The van der Waals surface area contributed by atoms with Crippen molar-refractivity contribution in [3.63, 3.8) is 0 Å². The zero-order chi connectivity index (χ0) is 18.1. The molecule has 0 radical (unpaired) electrons. The zero-order valence-electron chi connectivity index (χ0n) is 13.4. The minimum Gasteiger partial charge on any atom is -0.279 e. The highest BCUT2D eigenvalue weighted by Crippen LogP contribution is 2.35. The van der Waals surface area contributed by atoms with Crippen LogP contribution in [-0.4, -0.2) is 10.9 Å². The molecule has 0 bridgehead atoms. The number of hydrogen-bond donors (Lipinski definition) is 0. The molecule has 3 nitrogen and oxygen atoms in total. The van der Waals surface area contributed by atoms with Crippen LogP contribution in [0.5, 0.6) is 0 Å². The van der Waals surface area contributed by atoms with Crippen molar-refractivity contribution < 1.29 is 4.79 Å². The van der Waals surface area contributed by atoms with Gasteiger partial charge in [-0.05, 0) is 23.8 Å². The van der Waals surface area contributed by atoms with Gasteiger partial charge < -0.3 is 0 Å². The number of halogens is 2. The van der Waals surface area contributed by atoms with Gasteiger partial charge in [-0.25, -0.2) is 4.98 Å². The standard InChI is InChI=1S/C19H12Cl2N2OS2/c20-16-10-13(17(21)26-16)18(24)23(11-12-6-2-1-3-7-12)19-22-14-8-4-5-9-15(14)25-19/h1-10H,11H2. The topological polar surface area (TPSA) is 33.2 Å². The lowest BCUT2D eigenvalue weighted by atomic mass is 10.2. The molecular formula is C19H12Cl2N2OS2. The summed E-state index contributed by atoms with van der Waals surface area (Å²) in [7, 11) is 0. The Morgan fingerprint density at radius 3 is 2.42 bits per heavy atom. The number of thiophene rings is 1. The number of thiazole rings is 1. The third-order valence-corrected chi connectivity index (χ3v) is 6.38. The molecule has 0 aliphatic heterocycles. The molecule has 0 fully saturated rings. The maximum absolute atomic E-state index is 13.2. The second-order valence-electron chi connectivity index (χ2n) is 5.58. The molecule has 7 heteroatoms. The largest absolute Gasteiger partial charge is 0.279 e. The van der Waals surface area contributed by atoms with Crippen molar-refractivity contribution in [2.45, 2.75) is 6.54 Å². The predicted octanol–water partition coefficient (Wildman–Crippen LogP) is 6.51. The Kier molecular flexibility index (Phi) is 4.96. The van der Waals surface area contributed by atoms with Gasteiger partial charge in [0.1, 0.15) is 4.34 Å². The molecule has 26 heavy (non-hydrogen) atoms. The van der Waals surface area contributed by atoms with E-state index < -0.39 is 0 Å². The van der Waals surface area contributed by atoms with Crippen LogP contribution in [0.15, 0.2) is 60.7 Å². The highest BCUT2D eigenvalue weighted by Gasteiger charge is 2.25. The van der Waals surface area contributed by atoms with E-state index in [1.54, 1.807) is 11.0 Å². The van der Waals surface area contributed by atoms with Gasteiger partial charge >= 0.3 is 0 Å². The first-order chi connectivity index (χ1) is 12.6. The fourth-order valence-corrected chi connectivity index (χ4v) is 5.01. The molecule has 2 aromatic heterocycles. The second-order valence-corrected chi connectivity index (χ2v) is 8.87. The van der Waals surface area contributed by atoms with Gasteiger partial charge in [-0.3, -0.25) is 9.69 Å². The monoisotopic (exact) mass is 418 g/mol. The molecule has 0 saturated carbocycles. The van der Waals surface area contributed by atoms with Crippen LogP contribution in [0.1, 0.15) is 15.9 Å². The molecule has 4 aromatic rings. The summed E-state index contributed by atoms with van der Waals surface area (Å²) >= 11 is 14.9. The number of carbonyl (C=O) groups excluding carboxylic acids is 1. The smallest absolute Gasteiger partial charge is 0.262 e. The van der Waals surface area contributed by atoms with E-state index >= 15 is 0 Å². The normalized spacial score (nSPS) is 11.0. The van der Waals surface area contributed by atoms with Gasteiger partial charge in [-0.2, -0.15) is 0 Å². The number of nitrogens with zero attached hydrogens (tertiary/aromatic N) is 2. The molecule has 1 amide bonds. The lowest BCUT2D eigenvalue weighted by Gasteiger charge is -2.19. The van der Waals surface area contributed by atoms with Gasteiger partial charge in [0, 0.05) is 0 Å². The fourth-order valence-electron chi connectivity index (χ4n) is 2.60. The third kappa shape index (κ3) is 3.48. The first-order valence-corrected chi connectivity index (χ1v) is 10.2. The van der Waals surface area contributed by atoms with Crippen LogP contribution in [0.3, 0.4) is 0 Å². The fraction of sp³-hybridized carbons (Fsp3) is 0.0526. The van der Waals surface area contributed by atoms with E-state index in [2.05, 4.69) is 4.98 Å². The van der Waals surface area contributed by atoms with E-state index in [0.717, 1.165) is 15.8 Å². The summed E-state index contributed by atoms with van der Waals surface area (Å²) in [4.78, 5) is 19.5.